The van der Waals surface area contributed by atoms with Gasteiger partial charge in [-0.25, -0.2) is 0 Å². The molecule has 0 radical (unpaired) electrons. The van der Waals surface area contributed by atoms with Crippen molar-refractivity contribution >= 4 is 11.0 Å². The third-order valence-electron chi connectivity index (χ3n) is 4.94. The summed E-state index contributed by atoms with van der Waals surface area (Å²) in [5, 5.41) is 1.13. The second-order valence-electron chi connectivity index (χ2n) is 6.04. The van der Waals surface area contributed by atoms with E-state index in [4.69, 9.17) is 10.2 Å². The number of nitrogens with two attached hydrogens (primary N) is 1. The Morgan fingerprint density at radius 3 is 2.33 bits per heavy atom. The molecule has 1 saturated carbocycles. The number of fused-ring (bicyclic) bond motifs is 1. The van der Waals surface area contributed by atoms with E-state index >= 15 is 0 Å². The Labute approximate surface area is 124 Å². The van der Waals surface area contributed by atoms with Crippen molar-refractivity contribution in [2.24, 2.45) is 5.73 Å². The molecule has 0 saturated heterocycles. The van der Waals surface area contributed by atoms with E-state index in [1.165, 1.54) is 12.0 Å². The van der Waals surface area contributed by atoms with Crippen molar-refractivity contribution in [3.63, 3.8) is 0 Å². The van der Waals surface area contributed by atoms with Crippen LogP contribution in [0.15, 0.2) is 65.1 Å². The Hall–Kier alpha value is -2.06. The highest BCUT2D eigenvalue weighted by atomic mass is 16.3. The van der Waals surface area contributed by atoms with Crippen molar-refractivity contribution in [1.82, 2.24) is 0 Å². The van der Waals surface area contributed by atoms with Gasteiger partial charge < -0.3 is 10.2 Å². The summed E-state index contributed by atoms with van der Waals surface area (Å²) in [5.41, 5.74) is 8.93. The van der Waals surface area contributed by atoms with Crippen LogP contribution in [0.3, 0.4) is 0 Å². The summed E-state index contributed by atoms with van der Waals surface area (Å²) >= 11 is 0. The standard InChI is InChI=1S/C19H19NO/c20-18(17-13-14-7-4-5-10-16(14)21-17)19(11-6-12-19)15-8-2-1-3-9-15/h1-5,7-10,13,18H,6,11-12,20H2. The molecule has 0 aliphatic heterocycles. The van der Waals surface area contributed by atoms with Gasteiger partial charge in [0, 0.05) is 10.8 Å². The summed E-state index contributed by atoms with van der Waals surface area (Å²) in [6, 6.07) is 20.8. The number of furan rings is 1. The lowest BCUT2D eigenvalue weighted by Gasteiger charge is -2.46. The maximum absolute atomic E-state index is 6.64. The quantitative estimate of drug-likeness (QED) is 0.762. The number of para-hydroxylation sites is 1. The van der Waals surface area contributed by atoms with Gasteiger partial charge in [-0.2, -0.15) is 0 Å². The molecule has 21 heavy (non-hydrogen) atoms. The molecule has 1 unspecified atom stereocenters. The molecule has 2 N–H and O–H groups in total. The summed E-state index contributed by atoms with van der Waals surface area (Å²) in [5.74, 6) is 0.903. The summed E-state index contributed by atoms with van der Waals surface area (Å²) in [6.07, 6.45) is 3.51. The lowest BCUT2D eigenvalue weighted by Crippen LogP contribution is -2.44. The average molecular weight is 277 g/mol. The monoisotopic (exact) mass is 277 g/mol. The van der Waals surface area contributed by atoms with Crippen LogP contribution < -0.4 is 5.73 Å². The minimum atomic E-state index is -0.0824. The highest BCUT2D eigenvalue weighted by Gasteiger charge is 2.45. The van der Waals surface area contributed by atoms with Gasteiger partial charge in [-0.15, -0.1) is 0 Å². The van der Waals surface area contributed by atoms with Gasteiger partial charge in [0.2, 0.25) is 0 Å². The zero-order chi connectivity index (χ0) is 14.3. The number of hydrogen-bond acceptors (Lipinski definition) is 2. The third-order valence-corrected chi connectivity index (χ3v) is 4.94. The second kappa shape index (κ2) is 4.74. The van der Waals surface area contributed by atoms with Gasteiger partial charge in [0.1, 0.15) is 11.3 Å². The number of hydrogen-bond donors (Lipinski definition) is 1. The molecule has 2 nitrogen and oxygen atoms in total. The van der Waals surface area contributed by atoms with Gasteiger partial charge in [0.05, 0.1) is 6.04 Å². The number of benzene rings is 2. The molecule has 2 aromatic carbocycles. The fourth-order valence-corrected chi connectivity index (χ4v) is 3.53. The maximum Gasteiger partial charge on any atom is 0.134 e. The van der Waals surface area contributed by atoms with Gasteiger partial charge in [-0.05, 0) is 30.5 Å². The molecule has 2 heteroatoms. The molecule has 1 heterocycles. The van der Waals surface area contributed by atoms with Gasteiger partial charge in [0.15, 0.2) is 0 Å². The molecule has 1 fully saturated rings. The van der Waals surface area contributed by atoms with E-state index in [9.17, 15) is 0 Å². The van der Waals surface area contributed by atoms with Gasteiger partial charge in [-0.3, -0.25) is 0 Å². The molecular formula is C19H19NO. The molecule has 0 bridgehead atoms. The molecule has 4 rings (SSSR count). The fraction of sp³-hybridized carbons (Fsp3) is 0.263. The summed E-state index contributed by atoms with van der Waals surface area (Å²) < 4.78 is 6.01. The topological polar surface area (TPSA) is 39.2 Å². The Morgan fingerprint density at radius 1 is 0.952 bits per heavy atom. The Kier molecular flexibility index (Phi) is 2.86. The predicted molar refractivity (Wildman–Crippen MR) is 85.1 cm³/mol. The highest BCUT2D eigenvalue weighted by molar-refractivity contribution is 5.77. The Morgan fingerprint density at radius 2 is 1.67 bits per heavy atom. The van der Waals surface area contributed by atoms with Crippen molar-refractivity contribution in [3.8, 4) is 0 Å². The molecule has 0 spiro atoms. The smallest absolute Gasteiger partial charge is 0.134 e. The first-order valence-electron chi connectivity index (χ1n) is 7.59. The third kappa shape index (κ3) is 1.90. The Bertz CT molecular complexity index is 722. The van der Waals surface area contributed by atoms with Crippen LogP contribution in [0.1, 0.15) is 36.6 Å². The molecule has 3 aromatic rings. The van der Waals surface area contributed by atoms with E-state index in [0.29, 0.717) is 0 Å². The van der Waals surface area contributed by atoms with Gasteiger partial charge in [0.25, 0.3) is 0 Å². The van der Waals surface area contributed by atoms with Crippen molar-refractivity contribution in [1.29, 1.82) is 0 Å². The van der Waals surface area contributed by atoms with E-state index in [1.54, 1.807) is 0 Å². The van der Waals surface area contributed by atoms with Crippen LogP contribution in [0.4, 0.5) is 0 Å². The molecule has 106 valence electrons. The van der Waals surface area contributed by atoms with Crippen LogP contribution in [0.25, 0.3) is 11.0 Å². The van der Waals surface area contributed by atoms with E-state index in [1.807, 2.05) is 18.2 Å². The van der Waals surface area contributed by atoms with Crippen LogP contribution in [-0.4, -0.2) is 0 Å². The zero-order valence-corrected chi connectivity index (χ0v) is 12.0. The zero-order valence-electron chi connectivity index (χ0n) is 12.0. The first-order valence-corrected chi connectivity index (χ1v) is 7.59. The Balaban J connectivity index is 1.77. The van der Waals surface area contributed by atoms with Crippen LogP contribution >= 0.6 is 0 Å². The maximum atomic E-state index is 6.64. The van der Waals surface area contributed by atoms with Crippen LogP contribution in [0.2, 0.25) is 0 Å². The van der Waals surface area contributed by atoms with Gasteiger partial charge in [-0.1, -0.05) is 55.0 Å². The SMILES string of the molecule is NC(c1cc2ccccc2o1)C1(c2ccccc2)CCC1. The minimum Gasteiger partial charge on any atom is -0.459 e. The second-order valence-corrected chi connectivity index (χ2v) is 6.04. The average Bonchev–Trinajstić information content (AvgIpc) is 2.91. The lowest BCUT2D eigenvalue weighted by atomic mass is 9.60. The fourth-order valence-electron chi connectivity index (χ4n) is 3.53. The van der Waals surface area contributed by atoms with Crippen molar-refractivity contribution in [3.05, 3.63) is 72.0 Å². The van der Waals surface area contributed by atoms with Crippen LogP contribution in [0.5, 0.6) is 0 Å². The van der Waals surface area contributed by atoms with Crippen LogP contribution in [-0.2, 0) is 5.41 Å². The summed E-state index contributed by atoms with van der Waals surface area (Å²) in [4.78, 5) is 0. The van der Waals surface area contributed by atoms with E-state index < -0.39 is 0 Å². The summed E-state index contributed by atoms with van der Waals surface area (Å²) in [6.45, 7) is 0. The van der Waals surface area contributed by atoms with E-state index in [0.717, 1.165) is 29.6 Å². The predicted octanol–water partition coefficient (Wildman–Crippen LogP) is 4.55. The van der Waals surface area contributed by atoms with E-state index in [2.05, 4.69) is 42.5 Å². The van der Waals surface area contributed by atoms with Crippen molar-refractivity contribution in [2.45, 2.75) is 30.7 Å². The van der Waals surface area contributed by atoms with Crippen molar-refractivity contribution in [2.75, 3.05) is 0 Å². The molecule has 1 aliphatic rings. The first kappa shape index (κ1) is 12.7. The molecular weight excluding hydrogens is 258 g/mol. The summed E-state index contributed by atoms with van der Waals surface area (Å²) in [7, 11) is 0. The van der Waals surface area contributed by atoms with Gasteiger partial charge >= 0.3 is 0 Å². The molecule has 0 amide bonds. The first-order chi connectivity index (χ1) is 10.3. The van der Waals surface area contributed by atoms with Crippen molar-refractivity contribution < 1.29 is 4.42 Å². The lowest BCUT2D eigenvalue weighted by molar-refractivity contribution is 0.181. The molecule has 1 atom stereocenters. The molecule has 1 aromatic heterocycles. The number of rotatable bonds is 3. The van der Waals surface area contributed by atoms with E-state index in [-0.39, 0.29) is 11.5 Å². The minimum absolute atomic E-state index is 0.0368. The highest BCUT2D eigenvalue weighted by Crippen LogP contribution is 2.51. The molecule has 1 aliphatic carbocycles. The van der Waals surface area contributed by atoms with Crippen LogP contribution in [0, 0.1) is 0 Å². The largest absolute Gasteiger partial charge is 0.459 e. The normalized spacial score (nSPS) is 18.3.